The van der Waals surface area contributed by atoms with E-state index < -0.39 is 34.6 Å². The van der Waals surface area contributed by atoms with Gasteiger partial charge in [0.15, 0.2) is 23.3 Å². The van der Waals surface area contributed by atoms with Gasteiger partial charge < -0.3 is 0 Å². The molecule has 0 aliphatic rings. The van der Waals surface area contributed by atoms with E-state index in [1.165, 1.54) is 0 Å². The largest absolute Gasteiger partial charge is 0.203 e. The minimum absolute atomic E-state index is 0.389. The van der Waals surface area contributed by atoms with Crippen LogP contribution in [-0.4, -0.2) is 0 Å². The van der Waals surface area contributed by atoms with E-state index in [9.17, 15) is 22.0 Å². The van der Waals surface area contributed by atoms with Gasteiger partial charge >= 0.3 is 0 Å². The topological polar surface area (TPSA) is 0 Å². The van der Waals surface area contributed by atoms with Crippen molar-refractivity contribution < 1.29 is 22.0 Å². The number of benzene rings is 3. The van der Waals surface area contributed by atoms with Crippen LogP contribution in [0.1, 0.15) is 16.7 Å². The molecule has 128 valence electrons. The maximum absolute atomic E-state index is 13.7. The van der Waals surface area contributed by atoms with Gasteiger partial charge in [0.25, 0.3) is 0 Å². The Bertz CT molecular complexity index is 883. The third kappa shape index (κ3) is 3.27. The van der Waals surface area contributed by atoms with Gasteiger partial charge in [0.1, 0.15) is 0 Å². The first kappa shape index (κ1) is 17.1. The first-order valence-electron chi connectivity index (χ1n) is 7.54. The minimum Gasteiger partial charge on any atom is -0.203 e. The van der Waals surface area contributed by atoms with Crippen LogP contribution in [0, 0.1) is 36.0 Å². The molecule has 25 heavy (non-hydrogen) atoms. The van der Waals surface area contributed by atoms with Crippen molar-refractivity contribution in [3.8, 4) is 11.1 Å². The van der Waals surface area contributed by atoms with Gasteiger partial charge in [-0.25, -0.2) is 22.0 Å². The second kappa shape index (κ2) is 6.67. The molecule has 0 amide bonds. The fourth-order valence-electron chi connectivity index (χ4n) is 2.57. The Kier molecular flexibility index (Phi) is 4.57. The lowest BCUT2D eigenvalue weighted by atomic mass is 9.99. The highest BCUT2D eigenvalue weighted by molar-refractivity contribution is 5.64. The minimum atomic E-state index is -2.14. The predicted molar refractivity (Wildman–Crippen MR) is 85.7 cm³/mol. The molecule has 5 heteroatoms. The highest BCUT2D eigenvalue weighted by Crippen LogP contribution is 2.26. The average molecular weight is 348 g/mol. The Morgan fingerprint density at radius 1 is 0.560 bits per heavy atom. The number of halogens is 5. The highest BCUT2D eigenvalue weighted by Gasteiger charge is 2.25. The maximum atomic E-state index is 13.7. The number of rotatable bonds is 3. The molecule has 0 bridgehead atoms. The van der Waals surface area contributed by atoms with Crippen molar-refractivity contribution >= 4 is 0 Å². The monoisotopic (exact) mass is 348 g/mol. The molecule has 0 aromatic heterocycles. The number of aryl methyl sites for hydroxylation is 1. The van der Waals surface area contributed by atoms with Gasteiger partial charge in [-0.3, -0.25) is 0 Å². The van der Waals surface area contributed by atoms with Crippen molar-refractivity contribution in [3.63, 3.8) is 0 Å². The third-order valence-corrected chi connectivity index (χ3v) is 4.02. The molecular formula is C20H13F5. The van der Waals surface area contributed by atoms with Crippen LogP contribution in [0.4, 0.5) is 22.0 Å². The van der Waals surface area contributed by atoms with E-state index in [1.807, 2.05) is 31.2 Å². The summed E-state index contributed by atoms with van der Waals surface area (Å²) < 4.78 is 67.1. The van der Waals surface area contributed by atoms with Crippen molar-refractivity contribution in [2.24, 2.45) is 0 Å². The van der Waals surface area contributed by atoms with Gasteiger partial charge in [-0.1, -0.05) is 54.1 Å². The maximum Gasteiger partial charge on any atom is 0.200 e. The molecular weight excluding hydrogens is 335 g/mol. The molecule has 3 rings (SSSR count). The van der Waals surface area contributed by atoms with Gasteiger partial charge in [-0.05, 0) is 23.6 Å². The standard InChI is InChI=1S/C20H13F5/c1-11-2-6-13(7-3-11)14-8-4-12(5-9-14)10-15-16(21)18(23)20(25)19(24)17(15)22/h2-9H,10H2,1H3. The zero-order chi connectivity index (χ0) is 18.1. The van der Waals surface area contributed by atoms with Crippen LogP contribution < -0.4 is 0 Å². The van der Waals surface area contributed by atoms with Crippen molar-refractivity contribution in [2.75, 3.05) is 0 Å². The molecule has 0 nitrogen and oxygen atoms in total. The zero-order valence-electron chi connectivity index (χ0n) is 13.2. The Balaban J connectivity index is 1.91. The average Bonchev–Trinajstić information content (AvgIpc) is 2.63. The summed E-state index contributed by atoms with van der Waals surface area (Å²) in [4.78, 5) is 0. The van der Waals surface area contributed by atoms with Crippen LogP contribution in [0.5, 0.6) is 0 Å². The van der Waals surface area contributed by atoms with Crippen molar-refractivity contribution in [1.82, 2.24) is 0 Å². The van der Waals surface area contributed by atoms with Crippen LogP contribution >= 0.6 is 0 Å². The van der Waals surface area contributed by atoms with Crippen molar-refractivity contribution in [3.05, 3.63) is 94.3 Å². The molecule has 0 aliphatic carbocycles. The quantitative estimate of drug-likeness (QED) is 0.312. The Hall–Kier alpha value is -2.69. The Morgan fingerprint density at radius 2 is 0.960 bits per heavy atom. The second-order valence-electron chi connectivity index (χ2n) is 5.79. The lowest BCUT2D eigenvalue weighted by Gasteiger charge is -2.09. The molecule has 0 radical (unpaired) electrons. The summed E-state index contributed by atoms with van der Waals surface area (Å²) >= 11 is 0. The van der Waals surface area contributed by atoms with Crippen LogP contribution in [0.3, 0.4) is 0 Å². The molecule has 0 saturated carbocycles. The molecule has 3 aromatic carbocycles. The first-order valence-corrected chi connectivity index (χ1v) is 7.54. The van der Waals surface area contributed by atoms with Crippen molar-refractivity contribution in [2.45, 2.75) is 13.3 Å². The molecule has 0 heterocycles. The lowest BCUT2D eigenvalue weighted by Crippen LogP contribution is -2.07. The Labute approximate surface area is 141 Å². The summed E-state index contributed by atoms with van der Waals surface area (Å²) in [7, 11) is 0. The van der Waals surface area contributed by atoms with E-state index in [0.717, 1.165) is 16.7 Å². The fourth-order valence-corrected chi connectivity index (χ4v) is 2.57. The summed E-state index contributed by atoms with van der Waals surface area (Å²) in [6.07, 6.45) is -0.389. The summed E-state index contributed by atoms with van der Waals surface area (Å²) in [6, 6.07) is 14.5. The summed E-state index contributed by atoms with van der Waals surface area (Å²) in [5.41, 5.74) is 2.58. The van der Waals surface area contributed by atoms with Crippen LogP contribution in [0.15, 0.2) is 48.5 Å². The molecule has 0 unspecified atom stereocenters. The molecule has 0 N–H and O–H groups in total. The lowest BCUT2D eigenvalue weighted by molar-refractivity contribution is 0.371. The summed E-state index contributed by atoms with van der Waals surface area (Å²) in [6.45, 7) is 1.97. The van der Waals surface area contributed by atoms with Gasteiger partial charge in [-0.2, -0.15) is 0 Å². The van der Waals surface area contributed by atoms with Crippen LogP contribution in [0.2, 0.25) is 0 Å². The first-order chi connectivity index (χ1) is 11.9. The van der Waals surface area contributed by atoms with Gasteiger partial charge in [0, 0.05) is 12.0 Å². The molecule has 0 atom stereocenters. The van der Waals surface area contributed by atoms with Gasteiger partial charge in [0.05, 0.1) is 0 Å². The number of hydrogen-bond acceptors (Lipinski definition) is 0. The zero-order valence-corrected chi connectivity index (χ0v) is 13.2. The van der Waals surface area contributed by atoms with E-state index in [4.69, 9.17) is 0 Å². The van der Waals surface area contributed by atoms with Crippen LogP contribution in [0.25, 0.3) is 11.1 Å². The van der Waals surface area contributed by atoms with Crippen LogP contribution in [-0.2, 0) is 6.42 Å². The molecule has 0 saturated heterocycles. The summed E-state index contributed by atoms with van der Waals surface area (Å²) in [5, 5.41) is 0. The molecule has 3 aromatic rings. The van der Waals surface area contributed by atoms with E-state index in [1.54, 1.807) is 24.3 Å². The molecule has 0 aliphatic heterocycles. The SMILES string of the molecule is Cc1ccc(-c2ccc(Cc3c(F)c(F)c(F)c(F)c3F)cc2)cc1. The van der Waals surface area contributed by atoms with Gasteiger partial charge in [0.2, 0.25) is 5.82 Å². The highest BCUT2D eigenvalue weighted by atomic mass is 19.2. The van der Waals surface area contributed by atoms with E-state index in [2.05, 4.69) is 0 Å². The normalized spacial score (nSPS) is 11.0. The van der Waals surface area contributed by atoms with E-state index >= 15 is 0 Å². The second-order valence-corrected chi connectivity index (χ2v) is 5.79. The third-order valence-electron chi connectivity index (χ3n) is 4.02. The smallest absolute Gasteiger partial charge is 0.200 e. The number of hydrogen-bond donors (Lipinski definition) is 0. The molecule has 0 fully saturated rings. The fraction of sp³-hybridized carbons (Fsp3) is 0.100. The summed E-state index contributed by atoms with van der Waals surface area (Å²) in [5.74, 6) is -9.58. The predicted octanol–water partition coefficient (Wildman–Crippen LogP) is 5.95. The van der Waals surface area contributed by atoms with Crippen molar-refractivity contribution in [1.29, 1.82) is 0 Å². The molecule has 0 spiro atoms. The Morgan fingerprint density at radius 3 is 1.44 bits per heavy atom. The van der Waals surface area contributed by atoms with E-state index in [0.29, 0.717) is 5.56 Å². The van der Waals surface area contributed by atoms with E-state index in [-0.39, 0.29) is 6.42 Å². The van der Waals surface area contributed by atoms with Gasteiger partial charge in [-0.15, -0.1) is 0 Å².